The standard InChI is InChI=1S/C16H29N3O/c1-12(2)9-16-18-14-10-17-6-5-15(14)19(16)7-8-20-11-13(3)4/h12-13,17H,5-11H2,1-4H3. The Labute approximate surface area is 122 Å². The quantitative estimate of drug-likeness (QED) is 0.779. The Morgan fingerprint density at radius 1 is 1.25 bits per heavy atom. The number of rotatable bonds is 7. The minimum atomic E-state index is 0.603. The van der Waals surface area contributed by atoms with Gasteiger partial charge in [-0.2, -0.15) is 0 Å². The first kappa shape index (κ1) is 15.5. The Bertz CT molecular complexity index is 424. The van der Waals surface area contributed by atoms with Crippen molar-refractivity contribution in [2.24, 2.45) is 11.8 Å². The van der Waals surface area contributed by atoms with Gasteiger partial charge in [-0.3, -0.25) is 0 Å². The number of hydrogen-bond acceptors (Lipinski definition) is 3. The molecule has 1 aromatic rings. The normalized spacial score (nSPS) is 15.1. The van der Waals surface area contributed by atoms with E-state index in [0.29, 0.717) is 11.8 Å². The van der Waals surface area contributed by atoms with Gasteiger partial charge in [-0.05, 0) is 11.8 Å². The fourth-order valence-electron chi connectivity index (χ4n) is 2.69. The van der Waals surface area contributed by atoms with E-state index in [9.17, 15) is 0 Å². The Morgan fingerprint density at radius 3 is 2.75 bits per heavy atom. The molecule has 4 heteroatoms. The molecule has 1 aliphatic heterocycles. The maximum atomic E-state index is 5.76. The van der Waals surface area contributed by atoms with Crippen molar-refractivity contribution in [3.05, 3.63) is 17.2 Å². The van der Waals surface area contributed by atoms with Crippen molar-refractivity contribution in [2.45, 2.75) is 53.6 Å². The van der Waals surface area contributed by atoms with Gasteiger partial charge in [0.1, 0.15) is 5.82 Å². The van der Waals surface area contributed by atoms with Crippen molar-refractivity contribution in [1.82, 2.24) is 14.9 Å². The van der Waals surface area contributed by atoms with Crippen molar-refractivity contribution < 1.29 is 4.74 Å². The average Bonchev–Trinajstić information content (AvgIpc) is 2.71. The first-order valence-corrected chi connectivity index (χ1v) is 7.93. The summed E-state index contributed by atoms with van der Waals surface area (Å²) >= 11 is 0. The smallest absolute Gasteiger partial charge is 0.109 e. The Kier molecular flexibility index (Phi) is 5.61. The lowest BCUT2D eigenvalue weighted by Gasteiger charge is -2.17. The highest BCUT2D eigenvalue weighted by Crippen LogP contribution is 2.18. The van der Waals surface area contributed by atoms with Gasteiger partial charge >= 0.3 is 0 Å². The number of hydrogen-bond donors (Lipinski definition) is 1. The lowest BCUT2D eigenvalue weighted by molar-refractivity contribution is 0.102. The Morgan fingerprint density at radius 2 is 2.05 bits per heavy atom. The first-order chi connectivity index (χ1) is 9.58. The van der Waals surface area contributed by atoms with Crippen molar-refractivity contribution in [1.29, 1.82) is 0 Å². The van der Waals surface area contributed by atoms with Gasteiger partial charge in [0.15, 0.2) is 0 Å². The summed E-state index contributed by atoms with van der Waals surface area (Å²) in [4.78, 5) is 4.85. The lowest BCUT2D eigenvalue weighted by atomic mass is 10.1. The topological polar surface area (TPSA) is 39.1 Å². The van der Waals surface area contributed by atoms with E-state index in [2.05, 4.69) is 37.6 Å². The van der Waals surface area contributed by atoms with Gasteiger partial charge in [0.2, 0.25) is 0 Å². The number of imidazole rings is 1. The molecule has 0 atom stereocenters. The highest BCUT2D eigenvalue weighted by Gasteiger charge is 2.19. The van der Waals surface area contributed by atoms with Crippen LogP contribution in [0.4, 0.5) is 0 Å². The zero-order chi connectivity index (χ0) is 14.5. The third-order valence-electron chi connectivity index (χ3n) is 3.57. The Hall–Kier alpha value is -0.870. The van der Waals surface area contributed by atoms with Crippen LogP contribution < -0.4 is 5.32 Å². The van der Waals surface area contributed by atoms with Crippen molar-refractivity contribution in [2.75, 3.05) is 19.8 Å². The van der Waals surface area contributed by atoms with E-state index >= 15 is 0 Å². The molecule has 0 radical (unpaired) electrons. The minimum Gasteiger partial charge on any atom is -0.379 e. The van der Waals surface area contributed by atoms with E-state index in [1.807, 2.05) is 0 Å². The highest BCUT2D eigenvalue weighted by molar-refractivity contribution is 5.20. The summed E-state index contributed by atoms with van der Waals surface area (Å²) in [6.45, 7) is 13.4. The summed E-state index contributed by atoms with van der Waals surface area (Å²) < 4.78 is 8.17. The molecule has 0 amide bonds. The molecule has 0 saturated heterocycles. The van der Waals surface area contributed by atoms with Crippen LogP contribution in [0.25, 0.3) is 0 Å². The molecule has 0 saturated carbocycles. The van der Waals surface area contributed by atoms with E-state index in [4.69, 9.17) is 9.72 Å². The molecule has 4 nitrogen and oxygen atoms in total. The average molecular weight is 279 g/mol. The van der Waals surface area contributed by atoms with Crippen molar-refractivity contribution in [3.63, 3.8) is 0 Å². The van der Waals surface area contributed by atoms with Crippen LogP contribution >= 0.6 is 0 Å². The largest absolute Gasteiger partial charge is 0.379 e. The van der Waals surface area contributed by atoms with Crippen LogP contribution in [0.1, 0.15) is 44.9 Å². The molecule has 114 valence electrons. The molecule has 0 unspecified atom stereocenters. The predicted octanol–water partition coefficient (Wildman–Crippen LogP) is 2.40. The fraction of sp³-hybridized carbons (Fsp3) is 0.812. The van der Waals surface area contributed by atoms with Gasteiger partial charge in [-0.15, -0.1) is 0 Å². The van der Waals surface area contributed by atoms with Crippen molar-refractivity contribution in [3.8, 4) is 0 Å². The van der Waals surface area contributed by atoms with Crippen LogP contribution in [0.15, 0.2) is 0 Å². The SMILES string of the molecule is CC(C)COCCn1c(CC(C)C)nc2c1CCNC2. The number of nitrogens with one attached hydrogen (secondary N) is 1. The van der Waals surface area contributed by atoms with Crippen LogP contribution in [0.2, 0.25) is 0 Å². The van der Waals surface area contributed by atoms with Crippen LogP contribution in [0, 0.1) is 11.8 Å². The molecule has 0 aliphatic carbocycles. The summed E-state index contributed by atoms with van der Waals surface area (Å²) in [5.74, 6) is 2.48. The maximum absolute atomic E-state index is 5.76. The number of nitrogens with zero attached hydrogens (tertiary/aromatic N) is 2. The number of aromatic nitrogens is 2. The number of ether oxygens (including phenoxy) is 1. The third kappa shape index (κ3) is 4.06. The maximum Gasteiger partial charge on any atom is 0.109 e. The zero-order valence-corrected chi connectivity index (χ0v) is 13.4. The molecule has 1 N–H and O–H groups in total. The second kappa shape index (κ2) is 7.23. The third-order valence-corrected chi connectivity index (χ3v) is 3.57. The van der Waals surface area contributed by atoms with E-state index in [1.165, 1.54) is 17.2 Å². The van der Waals surface area contributed by atoms with Gasteiger partial charge < -0.3 is 14.6 Å². The van der Waals surface area contributed by atoms with Crippen LogP contribution in [-0.2, 0) is 30.7 Å². The van der Waals surface area contributed by atoms with Crippen molar-refractivity contribution >= 4 is 0 Å². The van der Waals surface area contributed by atoms with E-state index in [-0.39, 0.29) is 0 Å². The molecule has 0 fully saturated rings. The van der Waals surface area contributed by atoms with Gasteiger partial charge in [0, 0.05) is 44.8 Å². The molecule has 2 heterocycles. The first-order valence-electron chi connectivity index (χ1n) is 7.93. The highest BCUT2D eigenvalue weighted by atomic mass is 16.5. The summed E-state index contributed by atoms with van der Waals surface area (Å²) in [5.41, 5.74) is 2.67. The van der Waals surface area contributed by atoms with E-state index in [1.54, 1.807) is 0 Å². The summed E-state index contributed by atoms with van der Waals surface area (Å²) in [5, 5.41) is 3.41. The molecule has 1 aromatic heterocycles. The van der Waals surface area contributed by atoms with E-state index < -0.39 is 0 Å². The molecule has 0 aromatic carbocycles. The summed E-state index contributed by atoms with van der Waals surface area (Å²) in [7, 11) is 0. The van der Waals surface area contributed by atoms with Gasteiger partial charge in [0.05, 0.1) is 12.3 Å². The van der Waals surface area contributed by atoms with Gasteiger partial charge in [-0.1, -0.05) is 27.7 Å². The second-order valence-electron chi connectivity index (χ2n) is 6.57. The summed E-state index contributed by atoms with van der Waals surface area (Å²) in [6.07, 6.45) is 2.14. The molecule has 20 heavy (non-hydrogen) atoms. The molecule has 0 bridgehead atoms. The fourth-order valence-corrected chi connectivity index (χ4v) is 2.69. The van der Waals surface area contributed by atoms with Crippen LogP contribution in [0.3, 0.4) is 0 Å². The second-order valence-corrected chi connectivity index (χ2v) is 6.57. The zero-order valence-electron chi connectivity index (χ0n) is 13.4. The monoisotopic (exact) mass is 279 g/mol. The molecule has 2 rings (SSSR count). The van der Waals surface area contributed by atoms with Crippen LogP contribution in [-0.4, -0.2) is 29.3 Å². The van der Waals surface area contributed by atoms with E-state index in [0.717, 1.165) is 45.7 Å². The molecule has 1 aliphatic rings. The molecule has 0 spiro atoms. The minimum absolute atomic E-state index is 0.603. The van der Waals surface area contributed by atoms with Crippen LogP contribution in [0.5, 0.6) is 0 Å². The molecular formula is C16H29N3O. The lowest BCUT2D eigenvalue weighted by Crippen LogP contribution is -2.25. The van der Waals surface area contributed by atoms with Gasteiger partial charge in [-0.25, -0.2) is 4.98 Å². The molecular weight excluding hydrogens is 250 g/mol. The van der Waals surface area contributed by atoms with Gasteiger partial charge in [0.25, 0.3) is 0 Å². The predicted molar refractivity (Wildman–Crippen MR) is 81.8 cm³/mol. The Balaban J connectivity index is 2.05. The summed E-state index contributed by atoms with van der Waals surface area (Å²) in [6, 6.07) is 0. The number of fused-ring (bicyclic) bond motifs is 1.